The van der Waals surface area contributed by atoms with Crippen LogP contribution >= 0.6 is 0 Å². The maximum absolute atomic E-state index is 12.8. The number of aromatic nitrogens is 3. The quantitative estimate of drug-likeness (QED) is 0.588. The number of hydrogen-bond donors (Lipinski definition) is 0. The van der Waals surface area contributed by atoms with Crippen molar-refractivity contribution in [3.05, 3.63) is 24.0 Å². The van der Waals surface area contributed by atoms with Crippen LogP contribution in [0, 0.1) is 0 Å². The maximum Gasteiger partial charge on any atom is 0.249 e. The highest BCUT2D eigenvalue weighted by atomic mass is 32.2. The first-order valence-electron chi connectivity index (χ1n) is 9.96. The zero-order chi connectivity index (χ0) is 22.6. The highest BCUT2D eigenvalue weighted by molar-refractivity contribution is 7.91. The van der Waals surface area contributed by atoms with Crippen molar-refractivity contribution < 1.29 is 27.4 Å². The van der Waals surface area contributed by atoms with E-state index in [1.807, 2.05) is 0 Å². The van der Waals surface area contributed by atoms with Gasteiger partial charge in [0.1, 0.15) is 23.6 Å². The Morgan fingerprint density at radius 3 is 2.19 bits per heavy atom. The molecule has 3 rings (SSSR count). The summed E-state index contributed by atoms with van der Waals surface area (Å²) in [5.41, 5.74) is 0.791. The van der Waals surface area contributed by atoms with Gasteiger partial charge in [-0.15, -0.1) is 10.2 Å². The minimum absolute atomic E-state index is 0.0315. The summed E-state index contributed by atoms with van der Waals surface area (Å²) in [5.74, 6) is 1.76. The Bertz CT molecular complexity index is 1000. The molecule has 170 valence electrons. The van der Waals surface area contributed by atoms with E-state index in [-0.39, 0.29) is 17.5 Å². The maximum atomic E-state index is 12.8. The second-order valence-corrected chi connectivity index (χ2v) is 9.48. The van der Waals surface area contributed by atoms with Crippen LogP contribution in [0.2, 0.25) is 0 Å². The van der Waals surface area contributed by atoms with Gasteiger partial charge >= 0.3 is 0 Å². The molecular formula is C20H28N4O6S. The third kappa shape index (κ3) is 4.76. The van der Waals surface area contributed by atoms with Gasteiger partial charge in [-0.3, -0.25) is 4.79 Å². The van der Waals surface area contributed by atoms with Gasteiger partial charge in [-0.05, 0) is 19.3 Å². The zero-order valence-electron chi connectivity index (χ0n) is 18.2. The molecule has 1 aliphatic rings. The van der Waals surface area contributed by atoms with E-state index in [1.54, 1.807) is 45.4 Å². The summed E-state index contributed by atoms with van der Waals surface area (Å²) < 4.78 is 43.1. The first kappa shape index (κ1) is 22.9. The summed E-state index contributed by atoms with van der Waals surface area (Å²) in [6, 6.07) is 3.51. The lowest BCUT2D eigenvalue weighted by atomic mass is 10.0. The van der Waals surface area contributed by atoms with Crippen molar-refractivity contribution in [2.24, 2.45) is 7.05 Å². The highest BCUT2D eigenvalue weighted by Crippen LogP contribution is 2.35. The number of carbonyl (C=O) groups excluding carboxylic acids is 1. The van der Waals surface area contributed by atoms with Crippen LogP contribution in [-0.4, -0.2) is 73.7 Å². The molecule has 0 aliphatic carbocycles. The van der Waals surface area contributed by atoms with Gasteiger partial charge in [0.05, 0.1) is 26.6 Å². The zero-order valence-corrected chi connectivity index (χ0v) is 19.0. The van der Waals surface area contributed by atoms with Gasteiger partial charge in [0.25, 0.3) is 0 Å². The third-order valence-electron chi connectivity index (χ3n) is 5.56. The summed E-state index contributed by atoms with van der Waals surface area (Å²) in [4.78, 5) is 14.5. The van der Waals surface area contributed by atoms with Gasteiger partial charge in [-0.2, -0.15) is 0 Å². The molecule has 0 spiro atoms. The molecular weight excluding hydrogens is 424 g/mol. The van der Waals surface area contributed by atoms with Gasteiger partial charge in [-0.25, -0.2) is 8.42 Å². The molecule has 1 aromatic heterocycles. The average molecular weight is 453 g/mol. The summed E-state index contributed by atoms with van der Waals surface area (Å²) in [5, 5.41) is 6.80. The number of nitrogens with zero attached hydrogens (tertiary/aromatic N) is 4. The average Bonchev–Trinajstić information content (AvgIpc) is 3.23. The summed E-state index contributed by atoms with van der Waals surface area (Å²) in [6.45, 7) is 0.773. The fourth-order valence-corrected chi connectivity index (χ4v) is 5.55. The van der Waals surface area contributed by atoms with E-state index in [9.17, 15) is 13.2 Å². The molecule has 0 saturated carbocycles. The molecule has 1 amide bonds. The van der Waals surface area contributed by atoms with Crippen LogP contribution in [0.4, 0.5) is 0 Å². The van der Waals surface area contributed by atoms with Crippen LogP contribution in [0.3, 0.4) is 0 Å². The van der Waals surface area contributed by atoms with Crippen molar-refractivity contribution in [3.8, 4) is 17.2 Å². The fraction of sp³-hybridized carbons (Fsp3) is 0.550. The topological polar surface area (TPSA) is 113 Å². The summed E-state index contributed by atoms with van der Waals surface area (Å²) in [6.07, 6.45) is 2.81. The Hall–Kier alpha value is -2.82. The summed E-state index contributed by atoms with van der Waals surface area (Å²) >= 11 is 0. The van der Waals surface area contributed by atoms with E-state index in [2.05, 4.69) is 10.2 Å². The number of likely N-dealkylation sites (tertiary alicyclic amines) is 1. The Kier molecular flexibility index (Phi) is 7.04. The number of benzene rings is 1. The Balaban J connectivity index is 1.62. The van der Waals surface area contributed by atoms with Gasteiger partial charge in [0.15, 0.2) is 0 Å². The number of aryl methyl sites for hydroxylation is 1. The van der Waals surface area contributed by atoms with Gasteiger partial charge < -0.3 is 23.7 Å². The first-order chi connectivity index (χ1) is 14.8. The Morgan fingerprint density at radius 1 is 1.10 bits per heavy atom. The van der Waals surface area contributed by atoms with Crippen LogP contribution in [0.1, 0.15) is 24.8 Å². The molecule has 0 N–H and O–H groups in total. The minimum atomic E-state index is -3.57. The van der Waals surface area contributed by atoms with E-state index in [0.717, 1.165) is 5.56 Å². The molecule has 10 nitrogen and oxygen atoms in total. The van der Waals surface area contributed by atoms with Crippen LogP contribution in [0.5, 0.6) is 17.2 Å². The SMILES string of the molecule is COc1cc(OC)c(CCC(=O)N2CCC(S(=O)(=O)c3nncn3C)CC2)c(OC)c1. The van der Waals surface area contributed by atoms with Crippen molar-refractivity contribution in [1.29, 1.82) is 0 Å². The number of hydrogen-bond acceptors (Lipinski definition) is 8. The van der Waals surface area contributed by atoms with E-state index >= 15 is 0 Å². The van der Waals surface area contributed by atoms with Crippen LogP contribution in [0.25, 0.3) is 0 Å². The van der Waals surface area contributed by atoms with Crippen LogP contribution in [0.15, 0.2) is 23.6 Å². The van der Waals surface area contributed by atoms with Crippen LogP contribution in [-0.2, 0) is 28.1 Å². The van der Waals surface area contributed by atoms with Crippen molar-refractivity contribution in [2.45, 2.75) is 36.1 Å². The standard InChI is InChI=1S/C20H28N4O6S/c1-23-13-21-22-20(23)31(26,27)15-7-9-24(10-8-15)19(25)6-5-16-17(29-3)11-14(28-2)12-18(16)30-4/h11-13,15H,5-10H2,1-4H3. The number of rotatable bonds is 8. The smallest absolute Gasteiger partial charge is 0.249 e. The number of sulfone groups is 1. The Morgan fingerprint density at radius 2 is 1.71 bits per heavy atom. The van der Waals surface area contributed by atoms with Gasteiger partial charge in [-0.1, -0.05) is 0 Å². The largest absolute Gasteiger partial charge is 0.496 e. The lowest BCUT2D eigenvalue weighted by molar-refractivity contribution is -0.132. The number of carbonyl (C=O) groups is 1. The van der Waals surface area contributed by atoms with Crippen molar-refractivity contribution in [2.75, 3.05) is 34.4 Å². The van der Waals surface area contributed by atoms with E-state index in [0.29, 0.717) is 49.6 Å². The van der Waals surface area contributed by atoms with Crippen molar-refractivity contribution in [1.82, 2.24) is 19.7 Å². The molecule has 0 radical (unpaired) electrons. The molecule has 0 unspecified atom stereocenters. The second-order valence-electron chi connectivity index (χ2n) is 7.36. The molecule has 1 aliphatic heterocycles. The molecule has 0 bridgehead atoms. The molecule has 1 saturated heterocycles. The van der Waals surface area contributed by atoms with Gasteiger partial charge in [0.2, 0.25) is 20.9 Å². The molecule has 31 heavy (non-hydrogen) atoms. The monoisotopic (exact) mass is 452 g/mol. The molecule has 1 fully saturated rings. The van der Waals surface area contributed by atoms with Gasteiger partial charge in [0, 0.05) is 44.3 Å². The van der Waals surface area contributed by atoms with Crippen molar-refractivity contribution >= 4 is 15.7 Å². The fourth-order valence-electron chi connectivity index (χ4n) is 3.81. The third-order valence-corrected chi connectivity index (χ3v) is 7.79. The highest BCUT2D eigenvalue weighted by Gasteiger charge is 2.35. The minimum Gasteiger partial charge on any atom is -0.496 e. The molecule has 2 aromatic rings. The number of piperidine rings is 1. The number of methoxy groups -OCH3 is 3. The molecule has 1 aromatic carbocycles. The second kappa shape index (κ2) is 9.54. The summed E-state index contributed by atoms with van der Waals surface area (Å²) in [7, 11) is 2.71. The number of ether oxygens (including phenoxy) is 3. The van der Waals surface area contributed by atoms with E-state index in [1.165, 1.54) is 10.9 Å². The van der Waals surface area contributed by atoms with E-state index < -0.39 is 15.1 Å². The molecule has 0 atom stereocenters. The lowest BCUT2D eigenvalue weighted by Gasteiger charge is -2.31. The predicted molar refractivity (Wildman–Crippen MR) is 112 cm³/mol. The lowest BCUT2D eigenvalue weighted by Crippen LogP contribution is -2.43. The van der Waals surface area contributed by atoms with Crippen molar-refractivity contribution in [3.63, 3.8) is 0 Å². The molecule has 2 heterocycles. The first-order valence-corrected chi connectivity index (χ1v) is 11.5. The van der Waals surface area contributed by atoms with Crippen LogP contribution < -0.4 is 14.2 Å². The Labute approximate surface area is 182 Å². The van der Waals surface area contributed by atoms with E-state index in [4.69, 9.17) is 14.2 Å². The number of amides is 1. The predicted octanol–water partition coefficient (Wildman–Crippen LogP) is 1.24. The normalized spacial score (nSPS) is 15.0. The molecule has 11 heteroatoms.